The van der Waals surface area contributed by atoms with Gasteiger partial charge < -0.3 is 4.84 Å². The first-order valence-corrected chi connectivity index (χ1v) is 5.84. The zero-order valence-corrected chi connectivity index (χ0v) is 9.23. The molecule has 0 radical (unpaired) electrons. The van der Waals surface area contributed by atoms with Crippen LogP contribution in [0.3, 0.4) is 0 Å². The van der Waals surface area contributed by atoms with E-state index in [9.17, 15) is 0 Å². The van der Waals surface area contributed by atoms with Crippen LogP contribution in [0.2, 0.25) is 0 Å². The minimum absolute atomic E-state index is 0.972. The summed E-state index contributed by atoms with van der Waals surface area (Å²) < 4.78 is 0. The standard InChI is InChI=1S/C14H15NO/c1-2-8-13-12(6-1)7-5-9-14(13)16-15-10-3-4-11-15/h1-2,5-9H,3-4,10-11H2. The van der Waals surface area contributed by atoms with Crippen LogP contribution in [-0.4, -0.2) is 18.2 Å². The van der Waals surface area contributed by atoms with Gasteiger partial charge in [-0.1, -0.05) is 36.4 Å². The first kappa shape index (κ1) is 9.67. The van der Waals surface area contributed by atoms with E-state index in [2.05, 4.69) is 35.4 Å². The Labute approximate surface area is 95.4 Å². The predicted molar refractivity (Wildman–Crippen MR) is 65.4 cm³/mol. The average molecular weight is 213 g/mol. The lowest BCUT2D eigenvalue weighted by Crippen LogP contribution is -2.23. The molecule has 0 bridgehead atoms. The summed E-state index contributed by atoms with van der Waals surface area (Å²) in [4.78, 5) is 5.92. The zero-order valence-electron chi connectivity index (χ0n) is 9.23. The van der Waals surface area contributed by atoms with Crippen molar-refractivity contribution in [1.82, 2.24) is 5.06 Å². The topological polar surface area (TPSA) is 12.5 Å². The minimum Gasteiger partial charge on any atom is -0.405 e. The summed E-state index contributed by atoms with van der Waals surface area (Å²) in [6.07, 6.45) is 2.48. The lowest BCUT2D eigenvalue weighted by atomic mass is 10.1. The van der Waals surface area contributed by atoms with Crippen LogP contribution in [-0.2, 0) is 0 Å². The Morgan fingerprint density at radius 3 is 2.50 bits per heavy atom. The largest absolute Gasteiger partial charge is 0.405 e. The molecule has 3 rings (SSSR count). The third kappa shape index (κ3) is 1.76. The number of hydrogen-bond acceptors (Lipinski definition) is 2. The highest BCUT2D eigenvalue weighted by atomic mass is 16.7. The number of hydrogen-bond donors (Lipinski definition) is 0. The molecule has 2 nitrogen and oxygen atoms in total. The molecular weight excluding hydrogens is 198 g/mol. The second kappa shape index (κ2) is 4.14. The molecule has 1 fully saturated rings. The van der Waals surface area contributed by atoms with Gasteiger partial charge in [-0.2, -0.15) is 0 Å². The van der Waals surface area contributed by atoms with Gasteiger partial charge in [0.2, 0.25) is 0 Å². The minimum atomic E-state index is 0.972. The number of rotatable bonds is 2. The number of fused-ring (bicyclic) bond motifs is 1. The molecule has 2 aromatic carbocycles. The second-order valence-corrected chi connectivity index (χ2v) is 4.20. The Bertz CT molecular complexity index is 484. The van der Waals surface area contributed by atoms with E-state index in [0.29, 0.717) is 0 Å². The highest BCUT2D eigenvalue weighted by Crippen LogP contribution is 2.26. The molecule has 0 atom stereocenters. The quantitative estimate of drug-likeness (QED) is 0.759. The molecule has 2 aromatic rings. The molecule has 1 aliphatic heterocycles. The van der Waals surface area contributed by atoms with E-state index in [1.165, 1.54) is 23.6 Å². The summed E-state index contributed by atoms with van der Waals surface area (Å²) in [6.45, 7) is 2.09. The van der Waals surface area contributed by atoms with E-state index in [1.807, 2.05) is 12.1 Å². The summed E-state index contributed by atoms with van der Waals surface area (Å²) in [6, 6.07) is 14.6. The molecule has 0 saturated carbocycles. The highest BCUT2D eigenvalue weighted by molar-refractivity contribution is 5.88. The van der Waals surface area contributed by atoms with E-state index < -0.39 is 0 Å². The molecule has 1 aliphatic rings. The van der Waals surface area contributed by atoms with Crippen molar-refractivity contribution in [2.75, 3.05) is 13.1 Å². The van der Waals surface area contributed by atoms with Crippen molar-refractivity contribution in [3.05, 3.63) is 42.5 Å². The van der Waals surface area contributed by atoms with Gasteiger partial charge in [0.25, 0.3) is 0 Å². The SMILES string of the molecule is c1ccc2c(ON3CCCC3)cccc2c1. The summed E-state index contributed by atoms with van der Waals surface area (Å²) >= 11 is 0. The van der Waals surface area contributed by atoms with Crippen molar-refractivity contribution < 1.29 is 4.84 Å². The van der Waals surface area contributed by atoms with Crippen LogP contribution >= 0.6 is 0 Å². The van der Waals surface area contributed by atoms with Crippen molar-refractivity contribution in [1.29, 1.82) is 0 Å². The Kier molecular flexibility index (Phi) is 2.50. The van der Waals surface area contributed by atoms with Crippen molar-refractivity contribution >= 4 is 10.8 Å². The van der Waals surface area contributed by atoms with Crippen LogP contribution in [0, 0.1) is 0 Å². The van der Waals surface area contributed by atoms with Gasteiger partial charge in [-0.05, 0) is 24.3 Å². The van der Waals surface area contributed by atoms with Crippen molar-refractivity contribution in [3.8, 4) is 5.75 Å². The lowest BCUT2D eigenvalue weighted by Gasteiger charge is -2.17. The molecule has 1 saturated heterocycles. The fourth-order valence-electron chi connectivity index (χ4n) is 2.19. The fraction of sp³-hybridized carbons (Fsp3) is 0.286. The van der Waals surface area contributed by atoms with Gasteiger partial charge >= 0.3 is 0 Å². The first-order valence-electron chi connectivity index (χ1n) is 5.84. The fourth-order valence-corrected chi connectivity index (χ4v) is 2.19. The van der Waals surface area contributed by atoms with Crippen LogP contribution < -0.4 is 4.84 Å². The molecule has 0 amide bonds. The molecule has 1 heterocycles. The van der Waals surface area contributed by atoms with Gasteiger partial charge in [-0.3, -0.25) is 0 Å². The molecule has 0 spiro atoms. The maximum Gasteiger partial charge on any atom is 0.155 e. The van der Waals surface area contributed by atoms with E-state index >= 15 is 0 Å². The van der Waals surface area contributed by atoms with Crippen molar-refractivity contribution in [2.45, 2.75) is 12.8 Å². The van der Waals surface area contributed by atoms with Crippen LogP contribution in [0.25, 0.3) is 10.8 Å². The highest BCUT2D eigenvalue weighted by Gasteiger charge is 2.14. The number of benzene rings is 2. The Morgan fingerprint density at radius 1 is 0.875 bits per heavy atom. The van der Waals surface area contributed by atoms with Crippen LogP contribution in [0.1, 0.15) is 12.8 Å². The first-order chi connectivity index (χ1) is 7.93. The summed E-state index contributed by atoms with van der Waals surface area (Å²) in [7, 11) is 0. The van der Waals surface area contributed by atoms with Gasteiger partial charge in [0.1, 0.15) is 0 Å². The van der Waals surface area contributed by atoms with Crippen molar-refractivity contribution in [3.63, 3.8) is 0 Å². The third-order valence-corrected chi connectivity index (χ3v) is 3.04. The summed E-state index contributed by atoms with van der Waals surface area (Å²) in [5.41, 5.74) is 0. The third-order valence-electron chi connectivity index (χ3n) is 3.04. The van der Waals surface area contributed by atoms with Crippen LogP contribution in [0.5, 0.6) is 5.75 Å². The molecule has 16 heavy (non-hydrogen) atoms. The van der Waals surface area contributed by atoms with Gasteiger partial charge in [0, 0.05) is 18.5 Å². The Hall–Kier alpha value is -1.54. The van der Waals surface area contributed by atoms with Gasteiger partial charge in [0.15, 0.2) is 5.75 Å². The van der Waals surface area contributed by atoms with Gasteiger partial charge in [-0.15, -0.1) is 5.06 Å². The van der Waals surface area contributed by atoms with Crippen LogP contribution in [0.15, 0.2) is 42.5 Å². The van der Waals surface area contributed by atoms with E-state index in [-0.39, 0.29) is 0 Å². The molecule has 0 aliphatic carbocycles. The zero-order chi connectivity index (χ0) is 10.8. The molecule has 82 valence electrons. The lowest BCUT2D eigenvalue weighted by molar-refractivity contribution is -0.0330. The molecular formula is C14H15NO. The monoisotopic (exact) mass is 213 g/mol. The van der Waals surface area contributed by atoms with E-state index in [0.717, 1.165) is 18.8 Å². The Morgan fingerprint density at radius 2 is 1.62 bits per heavy atom. The van der Waals surface area contributed by atoms with Gasteiger partial charge in [0.05, 0.1) is 0 Å². The maximum absolute atomic E-state index is 5.92. The molecule has 0 aromatic heterocycles. The smallest absolute Gasteiger partial charge is 0.155 e. The molecule has 0 N–H and O–H groups in total. The second-order valence-electron chi connectivity index (χ2n) is 4.20. The number of nitrogens with zero attached hydrogens (tertiary/aromatic N) is 1. The summed E-state index contributed by atoms with van der Waals surface area (Å²) in [5.74, 6) is 0.972. The van der Waals surface area contributed by atoms with Crippen LogP contribution in [0.4, 0.5) is 0 Å². The molecule has 2 heteroatoms. The van der Waals surface area contributed by atoms with E-state index in [4.69, 9.17) is 4.84 Å². The summed E-state index contributed by atoms with van der Waals surface area (Å²) in [5, 5.41) is 4.48. The maximum atomic E-state index is 5.92. The normalized spacial score (nSPS) is 16.8. The predicted octanol–water partition coefficient (Wildman–Crippen LogP) is 3.23. The van der Waals surface area contributed by atoms with Crippen molar-refractivity contribution in [2.24, 2.45) is 0 Å². The van der Waals surface area contributed by atoms with E-state index in [1.54, 1.807) is 0 Å². The average Bonchev–Trinajstić information content (AvgIpc) is 2.82. The Balaban J connectivity index is 1.96. The number of hydroxylamine groups is 2. The molecule has 0 unspecified atom stereocenters. The van der Waals surface area contributed by atoms with Gasteiger partial charge in [-0.25, -0.2) is 0 Å².